The number of carbonyl (C=O) groups is 2. The Labute approximate surface area is 260 Å². The number of fused-ring (bicyclic) bond motifs is 5. The van der Waals surface area contributed by atoms with E-state index in [4.69, 9.17) is 23.7 Å². The van der Waals surface area contributed by atoms with Crippen molar-refractivity contribution in [2.45, 2.75) is 70.0 Å². The molecule has 9 heteroatoms. The van der Waals surface area contributed by atoms with E-state index < -0.39 is 0 Å². The number of carbonyl (C=O) groups excluding carboxylic acids is 2. The lowest BCUT2D eigenvalue weighted by molar-refractivity contribution is -0.143. The van der Waals surface area contributed by atoms with Crippen LogP contribution in [0.3, 0.4) is 0 Å². The summed E-state index contributed by atoms with van der Waals surface area (Å²) in [6.07, 6.45) is 6.84. The maximum atomic E-state index is 13.7. The maximum Gasteiger partial charge on any atom is 0.338 e. The summed E-state index contributed by atoms with van der Waals surface area (Å²) in [6.45, 7) is 5.11. The number of benzene rings is 2. The van der Waals surface area contributed by atoms with Gasteiger partial charge in [0, 0.05) is 31.2 Å². The van der Waals surface area contributed by atoms with Gasteiger partial charge in [-0.05, 0) is 117 Å². The Hall–Kier alpha value is -2.98. The van der Waals surface area contributed by atoms with Gasteiger partial charge in [0.25, 0.3) is 0 Å². The molecule has 2 aromatic carbocycles. The number of hydrogen-bond donors (Lipinski definition) is 1. The van der Waals surface area contributed by atoms with Crippen LogP contribution in [0.5, 0.6) is 5.75 Å². The summed E-state index contributed by atoms with van der Waals surface area (Å²) in [7, 11) is 3.27. The zero-order valence-electron chi connectivity index (χ0n) is 26.2. The zero-order chi connectivity index (χ0) is 30.7. The number of likely N-dealkylation sites (tertiary alicyclic amines) is 1. The molecule has 44 heavy (non-hydrogen) atoms. The van der Waals surface area contributed by atoms with Crippen molar-refractivity contribution in [3.8, 4) is 5.75 Å². The minimum Gasteiger partial charge on any atom is -0.468 e. The number of rotatable bonds is 11. The fourth-order valence-corrected chi connectivity index (χ4v) is 8.55. The molecule has 1 saturated heterocycles. The molecule has 9 nitrogen and oxygen atoms in total. The Morgan fingerprint density at radius 1 is 0.977 bits per heavy atom. The van der Waals surface area contributed by atoms with Crippen LogP contribution in [0.4, 0.5) is 5.69 Å². The molecule has 1 amide bonds. The summed E-state index contributed by atoms with van der Waals surface area (Å²) >= 11 is 0. The molecule has 1 heterocycles. The summed E-state index contributed by atoms with van der Waals surface area (Å²) in [4.78, 5) is 28.3. The number of aryl methyl sites for hydroxylation is 1. The van der Waals surface area contributed by atoms with E-state index in [9.17, 15) is 9.59 Å². The van der Waals surface area contributed by atoms with E-state index in [1.165, 1.54) is 11.1 Å². The van der Waals surface area contributed by atoms with Gasteiger partial charge >= 0.3 is 5.97 Å². The molecule has 1 aliphatic heterocycles. The third-order valence-corrected chi connectivity index (χ3v) is 10.5. The smallest absolute Gasteiger partial charge is 0.338 e. The first-order chi connectivity index (χ1) is 21.4. The van der Waals surface area contributed by atoms with Crippen molar-refractivity contribution in [2.75, 3.05) is 52.8 Å². The second-order valence-electron chi connectivity index (χ2n) is 13.1. The Balaban J connectivity index is 1.21. The van der Waals surface area contributed by atoms with Crippen LogP contribution in [-0.2, 0) is 30.2 Å². The van der Waals surface area contributed by atoms with Gasteiger partial charge in [-0.1, -0.05) is 13.0 Å². The van der Waals surface area contributed by atoms with E-state index in [0.717, 1.165) is 63.8 Å². The highest BCUT2D eigenvalue weighted by atomic mass is 16.7. The van der Waals surface area contributed by atoms with Crippen LogP contribution < -0.4 is 10.1 Å². The molecule has 0 bridgehead atoms. The van der Waals surface area contributed by atoms with Gasteiger partial charge in [0.05, 0.1) is 18.2 Å². The van der Waals surface area contributed by atoms with Crippen LogP contribution in [0, 0.1) is 17.3 Å². The first kappa shape index (κ1) is 31.0. The fourth-order valence-electron chi connectivity index (χ4n) is 8.55. The molecular formula is C35H46N2O7. The zero-order valence-corrected chi connectivity index (χ0v) is 26.2. The monoisotopic (exact) mass is 606 g/mol. The molecule has 0 aromatic heterocycles. The standard InChI is InChI=1S/C35H46N2O7/c1-35-19-30(44-34(39)23-6-9-25(10-7-23)36-32(38)20-37-16-4-5-17-37)33-27-13-11-26(42-21-40-2)18-24(27)8-12-28(33)29(35)14-15-31(35)43-22-41-3/h6-7,9-11,13,18,28-31,33H,4-5,8,12,14-17,19-22H2,1-3H3,(H,36,38)/t28-,29-,30+,31-,33+,35-/m0/s1. The number of methoxy groups -OCH3 is 2. The molecule has 4 aliphatic rings. The third kappa shape index (κ3) is 6.38. The van der Waals surface area contributed by atoms with Crippen molar-refractivity contribution in [1.29, 1.82) is 0 Å². The molecule has 6 rings (SSSR count). The SMILES string of the molecule is COCOc1ccc2c(c1)CC[C@@H]1[C@@H]2[C@H](OC(=O)c2ccc(NC(=O)CN3CCCC3)cc2)C[C@]2(C)[C@@H](OCOC)CC[C@@H]12. The Morgan fingerprint density at radius 3 is 2.50 bits per heavy atom. The van der Waals surface area contributed by atoms with Gasteiger partial charge in [0.2, 0.25) is 5.91 Å². The number of nitrogens with one attached hydrogen (secondary N) is 1. The van der Waals surface area contributed by atoms with E-state index in [1.807, 2.05) is 6.07 Å². The Kier molecular flexibility index (Phi) is 9.56. The molecule has 6 atom stereocenters. The summed E-state index contributed by atoms with van der Waals surface area (Å²) < 4.78 is 28.8. The molecule has 0 unspecified atom stereocenters. The van der Waals surface area contributed by atoms with Crippen LogP contribution in [0.15, 0.2) is 42.5 Å². The van der Waals surface area contributed by atoms with Crippen LogP contribution >= 0.6 is 0 Å². The molecular weight excluding hydrogens is 560 g/mol. The summed E-state index contributed by atoms with van der Waals surface area (Å²) in [5.41, 5.74) is 3.54. The predicted octanol–water partition coefficient (Wildman–Crippen LogP) is 5.38. The molecule has 0 spiro atoms. The third-order valence-electron chi connectivity index (χ3n) is 10.5. The van der Waals surface area contributed by atoms with E-state index in [0.29, 0.717) is 29.6 Å². The highest BCUT2D eigenvalue weighted by Gasteiger charge is 2.59. The lowest BCUT2D eigenvalue weighted by Crippen LogP contribution is -2.51. The van der Waals surface area contributed by atoms with Crippen molar-refractivity contribution < 1.29 is 33.3 Å². The predicted molar refractivity (Wildman–Crippen MR) is 166 cm³/mol. The fraction of sp³-hybridized carbons (Fsp3) is 0.600. The van der Waals surface area contributed by atoms with Crippen LogP contribution in [0.25, 0.3) is 0 Å². The van der Waals surface area contributed by atoms with Gasteiger partial charge < -0.3 is 29.0 Å². The highest BCUT2D eigenvalue weighted by Crippen LogP contribution is 2.62. The summed E-state index contributed by atoms with van der Waals surface area (Å²) in [5, 5.41) is 2.96. The van der Waals surface area contributed by atoms with Crippen LogP contribution in [0.1, 0.15) is 72.9 Å². The quantitative estimate of drug-likeness (QED) is 0.269. The molecule has 238 valence electrons. The number of ether oxygens (including phenoxy) is 5. The second-order valence-corrected chi connectivity index (χ2v) is 13.1. The lowest BCUT2D eigenvalue weighted by Gasteiger charge is -2.53. The van der Waals surface area contributed by atoms with E-state index in [-0.39, 0.29) is 49.0 Å². The molecule has 3 fully saturated rings. The highest BCUT2D eigenvalue weighted by molar-refractivity contribution is 5.94. The minimum absolute atomic E-state index is 0.0353. The Bertz CT molecular complexity index is 1310. The van der Waals surface area contributed by atoms with Crippen molar-refractivity contribution >= 4 is 17.6 Å². The first-order valence-corrected chi connectivity index (χ1v) is 16.1. The lowest BCUT2D eigenvalue weighted by atomic mass is 9.54. The molecule has 2 aromatic rings. The maximum absolute atomic E-state index is 13.7. The second kappa shape index (κ2) is 13.6. The largest absolute Gasteiger partial charge is 0.468 e. The van der Waals surface area contributed by atoms with E-state index in [2.05, 4.69) is 29.3 Å². The van der Waals surface area contributed by atoms with Gasteiger partial charge in [-0.15, -0.1) is 0 Å². The van der Waals surface area contributed by atoms with Gasteiger partial charge in [-0.2, -0.15) is 0 Å². The van der Waals surface area contributed by atoms with Gasteiger partial charge in [0.1, 0.15) is 18.6 Å². The topological polar surface area (TPSA) is 95.6 Å². The molecule has 1 N–H and O–H groups in total. The Morgan fingerprint density at radius 2 is 1.75 bits per heavy atom. The van der Waals surface area contributed by atoms with Crippen molar-refractivity contribution in [3.63, 3.8) is 0 Å². The summed E-state index contributed by atoms with van der Waals surface area (Å²) in [6, 6.07) is 13.3. The van der Waals surface area contributed by atoms with E-state index in [1.54, 1.807) is 38.5 Å². The van der Waals surface area contributed by atoms with Crippen LogP contribution in [-0.4, -0.2) is 76.4 Å². The molecule has 3 aliphatic carbocycles. The van der Waals surface area contributed by atoms with Gasteiger partial charge in [-0.25, -0.2) is 4.79 Å². The first-order valence-electron chi connectivity index (χ1n) is 16.1. The molecule has 0 radical (unpaired) electrons. The van der Waals surface area contributed by atoms with Crippen LogP contribution in [0.2, 0.25) is 0 Å². The number of hydrogen-bond acceptors (Lipinski definition) is 8. The molecule has 2 saturated carbocycles. The minimum atomic E-state index is -0.342. The average Bonchev–Trinajstić information content (AvgIpc) is 3.65. The van der Waals surface area contributed by atoms with Gasteiger partial charge in [0.15, 0.2) is 6.79 Å². The van der Waals surface area contributed by atoms with Crippen molar-refractivity contribution in [2.24, 2.45) is 17.3 Å². The van der Waals surface area contributed by atoms with Crippen molar-refractivity contribution in [1.82, 2.24) is 4.90 Å². The summed E-state index contributed by atoms with van der Waals surface area (Å²) in [5.74, 6) is 1.37. The van der Waals surface area contributed by atoms with Gasteiger partial charge in [-0.3, -0.25) is 9.69 Å². The number of anilines is 1. The van der Waals surface area contributed by atoms with E-state index >= 15 is 0 Å². The average molecular weight is 607 g/mol. The number of nitrogens with zero attached hydrogens (tertiary/aromatic N) is 1. The number of esters is 1. The normalized spacial score (nSPS) is 29.4. The number of amides is 1. The van der Waals surface area contributed by atoms with Crippen molar-refractivity contribution in [3.05, 3.63) is 59.2 Å².